The number of nitrogens with zero attached hydrogens (tertiary/aromatic N) is 1. The first-order chi connectivity index (χ1) is 8.77. The van der Waals surface area contributed by atoms with Crippen LogP contribution < -0.4 is 5.32 Å². The molecule has 1 N–H and O–H groups in total. The summed E-state index contributed by atoms with van der Waals surface area (Å²) >= 11 is 0. The number of halogens is 1. The van der Waals surface area contributed by atoms with E-state index in [0.717, 1.165) is 19.3 Å². The van der Waals surface area contributed by atoms with Crippen molar-refractivity contribution in [2.45, 2.75) is 37.1 Å². The van der Waals surface area contributed by atoms with Gasteiger partial charge >= 0.3 is 0 Å². The van der Waals surface area contributed by atoms with Crippen LogP contribution in [-0.4, -0.2) is 24.9 Å². The molecule has 1 amide bonds. The van der Waals surface area contributed by atoms with Crippen LogP contribution >= 0.6 is 10.7 Å². The largest absolute Gasteiger partial charge is 0.348 e. The number of hydrogen-bond donors (Lipinski definition) is 1. The van der Waals surface area contributed by atoms with Gasteiger partial charge in [-0.2, -0.15) is 0 Å². The molecule has 1 aliphatic carbocycles. The third-order valence-corrected chi connectivity index (χ3v) is 4.84. The van der Waals surface area contributed by atoms with Gasteiger partial charge in [-0.3, -0.25) is 4.79 Å². The quantitative estimate of drug-likeness (QED) is 0.867. The van der Waals surface area contributed by atoms with Gasteiger partial charge in [0.15, 0.2) is 0 Å². The summed E-state index contributed by atoms with van der Waals surface area (Å²) in [5.74, 6) is 0.366. The molecule has 0 radical (unpaired) electrons. The van der Waals surface area contributed by atoms with E-state index in [2.05, 4.69) is 12.2 Å². The molecule has 1 heterocycles. The Morgan fingerprint density at radius 1 is 1.47 bits per heavy atom. The minimum Gasteiger partial charge on any atom is -0.348 e. The molecule has 7 heteroatoms. The number of aromatic nitrogens is 1. The molecule has 19 heavy (non-hydrogen) atoms. The number of aryl methyl sites for hydroxylation is 1. The molecule has 1 aromatic rings. The number of rotatable bonds is 3. The zero-order valence-electron chi connectivity index (χ0n) is 10.9. The second-order valence-electron chi connectivity index (χ2n) is 5.20. The van der Waals surface area contributed by atoms with Crippen molar-refractivity contribution in [2.75, 3.05) is 0 Å². The molecule has 0 saturated heterocycles. The topological polar surface area (TPSA) is 68.2 Å². The standard InChI is InChI=1S/C12H17ClN2O3S/c1-8-3-4-9(5-8)14-12(16)11-6-10(7-15(11)2)19(13,17)18/h6-9H,3-5H2,1-2H3,(H,14,16). The van der Waals surface area contributed by atoms with E-state index in [-0.39, 0.29) is 16.8 Å². The number of nitrogens with one attached hydrogen (secondary N) is 1. The van der Waals surface area contributed by atoms with Crippen molar-refractivity contribution < 1.29 is 13.2 Å². The third kappa shape index (κ3) is 3.30. The fraction of sp³-hybridized carbons (Fsp3) is 0.583. The molecule has 1 saturated carbocycles. The van der Waals surface area contributed by atoms with Crippen molar-refractivity contribution in [3.05, 3.63) is 18.0 Å². The predicted octanol–water partition coefficient (Wildman–Crippen LogP) is 1.87. The van der Waals surface area contributed by atoms with Gasteiger partial charge in [-0.15, -0.1) is 0 Å². The van der Waals surface area contributed by atoms with Gasteiger partial charge in [-0.25, -0.2) is 8.42 Å². The average Bonchev–Trinajstić information content (AvgIpc) is 2.84. The Morgan fingerprint density at radius 2 is 2.16 bits per heavy atom. The van der Waals surface area contributed by atoms with E-state index in [4.69, 9.17) is 10.7 Å². The normalized spacial score (nSPS) is 23.5. The Labute approximate surface area is 117 Å². The SMILES string of the molecule is CC1CCC(NC(=O)c2cc(S(=O)(=O)Cl)cn2C)C1. The van der Waals surface area contributed by atoms with Crippen molar-refractivity contribution in [2.24, 2.45) is 13.0 Å². The molecule has 2 atom stereocenters. The highest BCUT2D eigenvalue weighted by molar-refractivity contribution is 8.13. The maximum absolute atomic E-state index is 12.1. The number of amides is 1. The molecule has 1 fully saturated rings. The molecular weight excluding hydrogens is 288 g/mol. The van der Waals surface area contributed by atoms with Gasteiger partial charge in [0.25, 0.3) is 15.0 Å². The summed E-state index contributed by atoms with van der Waals surface area (Å²) in [4.78, 5) is 12.0. The lowest BCUT2D eigenvalue weighted by Gasteiger charge is -2.12. The number of hydrogen-bond acceptors (Lipinski definition) is 3. The molecule has 0 bridgehead atoms. The minimum atomic E-state index is -3.80. The van der Waals surface area contributed by atoms with Gasteiger partial charge < -0.3 is 9.88 Å². The summed E-state index contributed by atoms with van der Waals surface area (Å²) in [5, 5.41) is 2.93. The number of carbonyl (C=O) groups excluding carboxylic acids is 1. The Bertz CT molecular complexity index is 594. The van der Waals surface area contributed by atoms with Crippen LogP contribution in [0.2, 0.25) is 0 Å². The van der Waals surface area contributed by atoms with E-state index in [1.807, 2.05) is 0 Å². The zero-order valence-corrected chi connectivity index (χ0v) is 12.5. The van der Waals surface area contributed by atoms with Crippen molar-refractivity contribution in [3.63, 3.8) is 0 Å². The van der Waals surface area contributed by atoms with Crippen LogP contribution in [0.5, 0.6) is 0 Å². The fourth-order valence-electron chi connectivity index (χ4n) is 2.49. The first-order valence-electron chi connectivity index (χ1n) is 6.19. The van der Waals surface area contributed by atoms with Crippen molar-refractivity contribution in [3.8, 4) is 0 Å². The summed E-state index contributed by atoms with van der Waals surface area (Å²) in [6, 6.07) is 1.48. The Balaban J connectivity index is 2.13. The van der Waals surface area contributed by atoms with Crippen LogP contribution in [0.25, 0.3) is 0 Å². The van der Waals surface area contributed by atoms with E-state index < -0.39 is 9.05 Å². The van der Waals surface area contributed by atoms with Gasteiger partial charge in [0.2, 0.25) is 0 Å². The van der Waals surface area contributed by atoms with Crippen LogP contribution in [0.1, 0.15) is 36.7 Å². The Hall–Kier alpha value is -1.01. The van der Waals surface area contributed by atoms with E-state index in [9.17, 15) is 13.2 Å². The van der Waals surface area contributed by atoms with Crippen LogP contribution in [0.4, 0.5) is 0 Å². The van der Waals surface area contributed by atoms with E-state index in [0.29, 0.717) is 11.6 Å². The average molecular weight is 305 g/mol. The molecule has 2 unspecified atom stereocenters. The van der Waals surface area contributed by atoms with Gasteiger partial charge in [0.1, 0.15) is 10.6 Å². The maximum atomic E-state index is 12.1. The highest BCUT2D eigenvalue weighted by atomic mass is 35.7. The van der Waals surface area contributed by atoms with Crippen LogP contribution in [0, 0.1) is 5.92 Å². The van der Waals surface area contributed by atoms with E-state index in [1.54, 1.807) is 7.05 Å². The van der Waals surface area contributed by atoms with Crippen LogP contribution in [0.3, 0.4) is 0 Å². The lowest BCUT2D eigenvalue weighted by Crippen LogP contribution is -2.33. The molecule has 106 valence electrons. The lowest BCUT2D eigenvalue weighted by molar-refractivity contribution is 0.0929. The number of carbonyl (C=O) groups is 1. The van der Waals surface area contributed by atoms with Gasteiger partial charge in [-0.05, 0) is 31.2 Å². The summed E-state index contributed by atoms with van der Waals surface area (Å²) in [5.41, 5.74) is 0.304. The summed E-state index contributed by atoms with van der Waals surface area (Å²) in [6.07, 6.45) is 4.39. The third-order valence-electron chi connectivity index (χ3n) is 3.52. The summed E-state index contributed by atoms with van der Waals surface area (Å²) < 4.78 is 23.9. The van der Waals surface area contributed by atoms with Crippen molar-refractivity contribution >= 4 is 25.6 Å². The second-order valence-corrected chi connectivity index (χ2v) is 7.76. The highest BCUT2D eigenvalue weighted by Crippen LogP contribution is 2.25. The first kappa shape index (κ1) is 14.4. The van der Waals surface area contributed by atoms with Crippen molar-refractivity contribution in [1.29, 1.82) is 0 Å². The van der Waals surface area contributed by atoms with Gasteiger partial charge in [0.05, 0.1) is 0 Å². The maximum Gasteiger partial charge on any atom is 0.268 e. The molecule has 0 spiro atoms. The predicted molar refractivity (Wildman–Crippen MR) is 72.7 cm³/mol. The van der Waals surface area contributed by atoms with Crippen molar-refractivity contribution in [1.82, 2.24) is 9.88 Å². The Morgan fingerprint density at radius 3 is 2.63 bits per heavy atom. The minimum absolute atomic E-state index is 0.0541. The summed E-state index contributed by atoms with van der Waals surface area (Å²) in [6.45, 7) is 2.16. The Kier molecular flexibility index (Phi) is 3.92. The molecular formula is C12H17ClN2O3S. The molecule has 2 rings (SSSR count). The first-order valence-corrected chi connectivity index (χ1v) is 8.50. The highest BCUT2D eigenvalue weighted by Gasteiger charge is 2.25. The van der Waals surface area contributed by atoms with Gasteiger partial charge in [0, 0.05) is 30.0 Å². The van der Waals surface area contributed by atoms with Crippen LogP contribution in [0.15, 0.2) is 17.2 Å². The van der Waals surface area contributed by atoms with E-state index >= 15 is 0 Å². The van der Waals surface area contributed by atoms with Crippen LogP contribution in [-0.2, 0) is 16.1 Å². The molecule has 0 aromatic carbocycles. The van der Waals surface area contributed by atoms with E-state index in [1.165, 1.54) is 16.8 Å². The van der Waals surface area contributed by atoms with Gasteiger partial charge in [-0.1, -0.05) is 6.92 Å². The molecule has 5 nitrogen and oxygen atoms in total. The fourth-order valence-corrected chi connectivity index (χ4v) is 3.28. The monoisotopic (exact) mass is 304 g/mol. The second kappa shape index (κ2) is 5.17. The smallest absolute Gasteiger partial charge is 0.268 e. The molecule has 0 aliphatic heterocycles. The lowest BCUT2D eigenvalue weighted by atomic mass is 10.1. The molecule has 1 aromatic heterocycles. The molecule has 1 aliphatic rings. The summed E-state index contributed by atoms with van der Waals surface area (Å²) in [7, 11) is 3.09. The zero-order chi connectivity index (χ0) is 14.2.